The Hall–Kier alpha value is -1.78. The molecular weight excluding hydrogens is 278 g/mol. The molecule has 0 saturated carbocycles. The van der Waals surface area contributed by atoms with Gasteiger partial charge in [-0.25, -0.2) is 4.98 Å². The summed E-state index contributed by atoms with van der Waals surface area (Å²) in [6.07, 6.45) is 0. The van der Waals surface area contributed by atoms with Crippen LogP contribution in [0.1, 0.15) is 11.3 Å². The van der Waals surface area contributed by atoms with Gasteiger partial charge in [-0.3, -0.25) is 4.99 Å². The zero-order chi connectivity index (χ0) is 13.2. The van der Waals surface area contributed by atoms with E-state index in [1.54, 1.807) is 6.07 Å². The third-order valence-electron chi connectivity index (χ3n) is 2.79. The fraction of sp³-hybridized carbons (Fsp3) is 0.0714. The van der Waals surface area contributed by atoms with E-state index in [1.165, 1.54) is 0 Å². The van der Waals surface area contributed by atoms with Crippen molar-refractivity contribution in [2.24, 2.45) is 4.99 Å². The summed E-state index contributed by atoms with van der Waals surface area (Å²) in [5.74, 6) is 0. The van der Waals surface area contributed by atoms with Crippen LogP contribution in [0.15, 0.2) is 47.5 Å². The highest BCUT2D eigenvalue weighted by molar-refractivity contribution is 7.80. The van der Waals surface area contributed by atoms with Crippen molar-refractivity contribution in [1.29, 1.82) is 0 Å². The SMILES string of the molecule is S=C1CN=C(c2ccccc2)c2nc(Cl)ccc2N1. The maximum atomic E-state index is 5.99. The highest BCUT2D eigenvalue weighted by atomic mass is 35.5. The largest absolute Gasteiger partial charge is 0.347 e. The quantitative estimate of drug-likeness (QED) is 0.646. The van der Waals surface area contributed by atoms with E-state index in [0.29, 0.717) is 16.7 Å². The van der Waals surface area contributed by atoms with Crippen LogP contribution in [-0.2, 0) is 0 Å². The molecule has 1 aromatic heterocycles. The third kappa shape index (κ3) is 2.50. The van der Waals surface area contributed by atoms with Crippen LogP contribution in [0.2, 0.25) is 5.15 Å². The Bertz CT molecular complexity index is 668. The van der Waals surface area contributed by atoms with Crippen molar-refractivity contribution in [3.63, 3.8) is 0 Å². The molecule has 0 unspecified atom stereocenters. The molecule has 2 heterocycles. The van der Waals surface area contributed by atoms with Gasteiger partial charge in [0.2, 0.25) is 0 Å². The van der Waals surface area contributed by atoms with Crippen molar-refractivity contribution in [2.45, 2.75) is 0 Å². The lowest BCUT2D eigenvalue weighted by Gasteiger charge is -2.09. The van der Waals surface area contributed by atoms with E-state index in [9.17, 15) is 0 Å². The lowest BCUT2D eigenvalue weighted by atomic mass is 10.1. The van der Waals surface area contributed by atoms with Gasteiger partial charge in [0.25, 0.3) is 0 Å². The molecule has 3 rings (SSSR count). The zero-order valence-corrected chi connectivity index (χ0v) is 11.5. The van der Waals surface area contributed by atoms with Crippen molar-refractivity contribution in [3.05, 3.63) is 58.9 Å². The Kier molecular flexibility index (Phi) is 3.27. The van der Waals surface area contributed by atoms with Gasteiger partial charge < -0.3 is 5.32 Å². The maximum absolute atomic E-state index is 5.99. The van der Waals surface area contributed by atoms with Gasteiger partial charge in [0.1, 0.15) is 15.8 Å². The van der Waals surface area contributed by atoms with E-state index in [2.05, 4.69) is 15.3 Å². The van der Waals surface area contributed by atoms with Gasteiger partial charge >= 0.3 is 0 Å². The molecule has 19 heavy (non-hydrogen) atoms. The van der Waals surface area contributed by atoms with Gasteiger partial charge in [0.05, 0.1) is 17.9 Å². The van der Waals surface area contributed by atoms with Crippen molar-refractivity contribution in [1.82, 2.24) is 4.98 Å². The van der Waals surface area contributed by atoms with Crippen LogP contribution in [0.4, 0.5) is 5.69 Å². The number of pyridine rings is 1. The standard InChI is InChI=1S/C14H10ClN3S/c15-11-7-6-10-14(18-11)13(16-8-12(19)17-10)9-4-2-1-3-5-9/h1-7H,8H2,(H,17,19). The molecule has 0 bridgehead atoms. The van der Waals surface area contributed by atoms with Crippen LogP contribution >= 0.6 is 23.8 Å². The van der Waals surface area contributed by atoms with E-state index in [0.717, 1.165) is 22.7 Å². The van der Waals surface area contributed by atoms with Gasteiger partial charge in [-0.2, -0.15) is 0 Å². The highest BCUT2D eigenvalue weighted by Crippen LogP contribution is 2.23. The number of fused-ring (bicyclic) bond motifs is 1. The molecule has 5 heteroatoms. The van der Waals surface area contributed by atoms with E-state index < -0.39 is 0 Å². The molecule has 0 spiro atoms. The Morgan fingerprint density at radius 2 is 1.89 bits per heavy atom. The van der Waals surface area contributed by atoms with E-state index in [4.69, 9.17) is 23.8 Å². The third-order valence-corrected chi connectivity index (χ3v) is 3.23. The predicted molar refractivity (Wildman–Crippen MR) is 82.4 cm³/mol. The second-order valence-electron chi connectivity index (χ2n) is 4.11. The monoisotopic (exact) mass is 287 g/mol. The number of nitrogens with one attached hydrogen (secondary N) is 1. The second kappa shape index (κ2) is 5.07. The first-order valence-electron chi connectivity index (χ1n) is 5.81. The van der Waals surface area contributed by atoms with Crippen LogP contribution in [0.25, 0.3) is 0 Å². The first kappa shape index (κ1) is 12.3. The number of anilines is 1. The number of thiocarbonyl (C=S) groups is 1. The topological polar surface area (TPSA) is 37.3 Å². The van der Waals surface area contributed by atoms with Crippen LogP contribution in [0, 0.1) is 0 Å². The Morgan fingerprint density at radius 3 is 2.68 bits per heavy atom. The van der Waals surface area contributed by atoms with Crippen molar-refractivity contribution < 1.29 is 0 Å². The number of aliphatic imine (C=N–C) groups is 1. The molecule has 0 aliphatic carbocycles. The van der Waals surface area contributed by atoms with Gasteiger partial charge in [-0.15, -0.1) is 0 Å². The fourth-order valence-corrected chi connectivity index (χ4v) is 2.28. The lowest BCUT2D eigenvalue weighted by molar-refractivity contribution is 1.27. The number of rotatable bonds is 1. The molecule has 1 aliphatic heterocycles. The molecule has 0 fully saturated rings. The molecular formula is C14H10ClN3S. The summed E-state index contributed by atoms with van der Waals surface area (Å²) in [7, 11) is 0. The summed E-state index contributed by atoms with van der Waals surface area (Å²) >= 11 is 11.2. The summed E-state index contributed by atoms with van der Waals surface area (Å²) in [6.45, 7) is 0.452. The summed E-state index contributed by atoms with van der Waals surface area (Å²) < 4.78 is 0. The minimum absolute atomic E-state index is 0.442. The summed E-state index contributed by atoms with van der Waals surface area (Å²) in [4.78, 5) is 9.60. The van der Waals surface area contributed by atoms with Crippen molar-refractivity contribution in [3.8, 4) is 0 Å². The van der Waals surface area contributed by atoms with Gasteiger partial charge in [-0.05, 0) is 12.1 Å². The van der Waals surface area contributed by atoms with E-state index in [-0.39, 0.29) is 0 Å². The molecule has 94 valence electrons. The maximum Gasteiger partial charge on any atom is 0.130 e. The van der Waals surface area contributed by atoms with E-state index in [1.807, 2.05) is 36.4 Å². The Labute approximate surface area is 121 Å². The first-order chi connectivity index (χ1) is 9.24. The summed E-state index contributed by atoms with van der Waals surface area (Å²) in [5, 5.41) is 3.59. The number of nitrogens with zero attached hydrogens (tertiary/aromatic N) is 2. The molecule has 3 nitrogen and oxygen atoms in total. The fourth-order valence-electron chi connectivity index (χ4n) is 1.96. The van der Waals surface area contributed by atoms with Crippen molar-refractivity contribution >= 4 is 40.2 Å². The number of hydrogen-bond donors (Lipinski definition) is 1. The van der Waals surface area contributed by atoms with Gasteiger partial charge in [-0.1, -0.05) is 54.2 Å². The Morgan fingerprint density at radius 1 is 1.11 bits per heavy atom. The van der Waals surface area contributed by atoms with Crippen LogP contribution in [0.3, 0.4) is 0 Å². The molecule has 2 aromatic rings. The predicted octanol–water partition coefficient (Wildman–Crippen LogP) is 3.33. The molecule has 0 amide bonds. The van der Waals surface area contributed by atoms with Crippen LogP contribution < -0.4 is 5.32 Å². The molecule has 1 aliphatic rings. The summed E-state index contributed by atoms with van der Waals surface area (Å²) in [5.41, 5.74) is 3.39. The van der Waals surface area contributed by atoms with Gasteiger partial charge in [0, 0.05) is 5.56 Å². The van der Waals surface area contributed by atoms with E-state index >= 15 is 0 Å². The molecule has 0 saturated heterocycles. The number of benzene rings is 1. The normalized spacial score (nSPS) is 14.2. The first-order valence-corrected chi connectivity index (χ1v) is 6.59. The van der Waals surface area contributed by atoms with Gasteiger partial charge in [0.15, 0.2) is 0 Å². The highest BCUT2D eigenvalue weighted by Gasteiger charge is 2.18. The molecule has 0 radical (unpaired) electrons. The average molecular weight is 288 g/mol. The second-order valence-corrected chi connectivity index (χ2v) is 4.99. The smallest absolute Gasteiger partial charge is 0.130 e. The molecule has 1 N–H and O–H groups in total. The molecule has 0 atom stereocenters. The minimum Gasteiger partial charge on any atom is -0.347 e. The number of aromatic nitrogens is 1. The Balaban J connectivity index is 2.20. The number of hydrogen-bond acceptors (Lipinski definition) is 3. The zero-order valence-electron chi connectivity index (χ0n) is 9.93. The lowest BCUT2D eigenvalue weighted by Crippen LogP contribution is -2.11. The molecule has 1 aromatic carbocycles. The van der Waals surface area contributed by atoms with Crippen LogP contribution in [-0.4, -0.2) is 22.2 Å². The van der Waals surface area contributed by atoms with Crippen LogP contribution in [0.5, 0.6) is 0 Å². The summed E-state index contributed by atoms with van der Waals surface area (Å²) in [6, 6.07) is 13.5. The number of halogens is 1. The van der Waals surface area contributed by atoms with Crippen molar-refractivity contribution in [2.75, 3.05) is 11.9 Å². The minimum atomic E-state index is 0.442. The average Bonchev–Trinajstić information content (AvgIpc) is 2.58.